The maximum absolute atomic E-state index is 5.71. The van der Waals surface area contributed by atoms with Crippen LogP contribution in [0.4, 0.5) is 0 Å². The molecule has 0 nitrogen and oxygen atoms in total. The molecule has 0 saturated carbocycles. The van der Waals surface area contributed by atoms with Gasteiger partial charge in [0.05, 0.1) is 0 Å². The summed E-state index contributed by atoms with van der Waals surface area (Å²) in [6.45, 7) is 0. The molecule has 0 saturated heterocycles. The Morgan fingerprint density at radius 1 is 1.11 bits per heavy atom. The van der Waals surface area contributed by atoms with Gasteiger partial charge in [-0.25, -0.2) is 0 Å². The predicted octanol–water partition coefficient (Wildman–Crippen LogP) is 1.82. The van der Waals surface area contributed by atoms with E-state index in [9.17, 15) is 0 Å². The van der Waals surface area contributed by atoms with E-state index >= 15 is 0 Å². The minimum absolute atomic E-state index is 0.749. The first-order chi connectivity index (χ1) is 4.33. The van der Waals surface area contributed by atoms with Crippen LogP contribution in [-0.4, -0.2) is 20.0 Å². The summed E-state index contributed by atoms with van der Waals surface area (Å²) in [5.41, 5.74) is 0. The van der Waals surface area contributed by atoms with Crippen LogP contribution >= 0.6 is 20.5 Å². The molecule has 0 amide bonds. The standard InChI is InChI=1S/C6H4Cl.ClH.Sn/c7-6-4-2-1-3-5-6;;/h2-5H;1H;/q;;+1/p-1. The Labute approximate surface area is 73.1 Å². The SMILES string of the molecule is [Cl][Sn][c]1ccc(Cl)cc1. The zero-order chi connectivity index (χ0) is 6.69. The summed E-state index contributed by atoms with van der Waals surface area (Å²) in [5, 5.41) is 0.781. The molecular weight excluding hydrogens is 262 g/mol. The molecule has 0 aliphatic heterocycles. The van der Waals surface area contributed by atoms with Gasteiger partial charge in [-0.1, -0.05) is 0 Å². The van der Waals surface area contributed by atoms with Crippen LogP contribution < -0.4 is 3.58 Å². The minimum atomic E-state index is -0.749. The second-order valence-electron chi connectivity index (χ2n) is 1.60. The van der Waals surface area contributed by atoms with Crippen LogP contribution in [0.15, 0.2) is 24.3 Å². The van der Waals surface area contributed by atoms with E-state index in [-0.39, 0.29) is 0 Å². The molecule has 0 N–H and O–H groups in total. The Kier molecular flexibility index (Phi) is 3.16. The van der Waals surface area contributed by atoms with Crippen molar-refractivity contribution >= 4 is 44.1 Å². The zero-order valence-electron chi connectivity index (χ0n) is 4.57. The number of benzene rings is 1. The molecule has 0 fully saturated rings. The molecule has 9 heavy (non-hydrogen) atoms. The van der Waals surface area contributed by atoms with Gasteiger partial charge in [0.1, 0.15) is 0 Å². The van der Waals surface area contributed by atoms with Crippen molar-refractivity contribution in [3.63, 3.8) is 0 Å². The molecule has 0 atom stereocenters. The van der Waals surface area contributed by atoms with Crippen molar-refractivity contribution in [2.45, 2.75) is 0 Å². The fourth-order valence-electron chi connectivity index (χ4n) is 0.513. The van der Waals surface area contributed by atoms with Crippen LogP contribution in [0, 0.1) is 0 Å². The summed E-state index contributed by atoms with van der Waals surface area (Å²) in [4.78, 5) is 0. The van der Waals surface area contributed by atoms with Crippen LogP contribution in [0.3, 0.4) is 0 Å². The summed E-state index contributed by atoms with van der Waals surface area (Å²) < 4.78 is 1.27. The first-order valence-electron chi connectivity index (χ1n) is 2.45. The molecule has 3 heteroatoms. The molecule has 0 aliphatic rings. The fraction of sp³-hybridized carbons (Fsp3) is 0. The summed E-state index contributed by atoms with van der Waals surface area (Å²) in [7, 11) is 5.71. The van der Waals surface area contributed by atoms with Gasteiger partial charge >= 0.3 is 73.4 Å². The number of rotatable bonds is 1. The van der Waals surface area contributed by atoms with Gasteiger partial charge in [0.2, 0.25) is 0 Å². The van der Waals surface area contributed by atoms with Gasteiger partial charge in [0, 0.05) is 0 Å². The molecular formula is C6H4Cl2Sn. The van der Waals surface area contributed by atoms with Gasteiger partial charge in [-0.05, 0) is 0 Å². The Balaban J connectivity index is 2.88. The molecule has 2 radical (unpaired) electrons. The van der Waals surface area contributed by atoms with Crippen molar-refractivity contribution < 1.29 is 0 Å². The van der Waals surface area contributed by atoms with E-state index in [1.165, 1.54) is 3.58 Å². The van der Waals surface area contributed by atoms with E-state index in [4.69, 9.17) is 20.5 Å². The summed E-state index contributed by atoms with van der Waals surface area (Å²) in [6.07, 6.45) is 0. The van der Waals surface area contributed by atoms with E-state index in [1.807, 2.05) is 24.3 Å². The van der Waals surface area contributed by atoms with Gasteiger partial charge in [-0.15, -0.1) is 0 Å². The van der Waals surface area contributed by atoms with Crippen molar-refractivity contribution in [2.75, 3.05) is 0 Å². The van der Waals surface area contributed by atoms with Crippen molar-refractivity contribution in [1.29, 1.82) is 0 Å². The molecule has 0 spiro atoms. The molecule has 0 aliphatic carbocycles. The first-order valence-corrected chi connectivity index (χ1v) is 7.87. The topological polar surface area (TPSA) is 0 Å². The van der Waals surface area contributed by atoms with Crippen molar-refractivity contribution in [3.8, 4) is 0 Å². The molecule has 46 valence electrons. The van der Waals surface area contributed by atoms with E-state index in [0.717, 1.165) is 5.02 Å². The fourth-order valence-corrected chi connectivity index (χ4v) is 2.32. The van der Waals surface area contributed by atoms with Crippen LogP contribution in [0.1, 0.15) is 0 Å². The second-order valence-corrected chi connectivity index (χ2v) is 5.49. The molecule has 1 aromatic rings. The summed E-state index contributed by atoms with van der Waals surface area (Å²) >= 11 is 4.89. The molecule has 0 bridgehead atoms. The zero-order valence-corrected chi connectivity index (χ0v) is 8.93. The Morgan fingerprint density at radius 2 is 1.67 bits per heavy atom. The predicted molar refractivity (Wildman–Crippen MR) is 42.7 cm³/mol. The molecule has 0 heterocycles. The van der Waals surface area contributed by atoms with Crippen LogP contribution in [0.2, 0.25) is 5.02 Å². The van der Waals surface area contributed by atoms with Gasteiger partial charge in [0.15, 0.2) is 0 Å². The Hall–Kier alpha value is 0.599. The molecule has 0 aromatic heterocycles. The van der Waals surface area contributed by atoms with E-state index in [1.54, 1.807) is 0 Å². The Bertz CT molecular complexity index is 183. The van der Waals surface area contributed by atoms with Crippen molar-refractivity contribution in [3.05, 3.63) is 29.3 Å². The summed E-state index contributed by atoms with van der Waals surface area (Å²) in [5.74, 6) is 0. The molecule has 1 rings (SSSR count). The number of halogens is 2. The van der Waals surface area contributed by atoms with Crippen molar-refractivity contribution in [2.24, 2.45) is 0 Å². The molecule has 1 aromatic carbocycles. The normalized spacial score (nSPS) is 9.56. The van der Waals surface area contributed by atoms with E-state index in [0.29, 0.717) is 0 Å². The van der Waals surface area contributed by atoms with Crippen molar-refractivity contribution in [1.82, 2.24) is 0 Å². The van der Waals surface area contributed by atoms with Gasteiger partial charge in [-0.3, -0.25) is 0 Å². The average Bonchev–Trinajstić information content (AvgIpc) is 1.90. The quantitative estimate of drug-likeness (QED) is 0.680. The Morgan fingerprint density at radius 3 is 2.11 bits per heavy atom. The number of hydrogen-bond acceptors (Lipinski definition) is 0. The van der Waals surface area contributed by atoms with Gasteiger partial charge in [0.25, 0.3) is 0 Å². The van der Waals surface area contributed by atoms with Crippen LogP contribution in [0.5, 0.6) is 0 Å². The second kappa shape index (κ2) is 3.69. The first kappa shape index (κ1) is 7.70. The van der Waals surface area contributed by atoms with E-state index in [2.05, 4.69) is 0 Å². The number of hydrogen-bond donors (Lipinski definition) is 0. The monoisotopic (exact) mass is 266 g/mol. The third-order valence-corrected chi connectivity index (χ3v) is 4.24. The van der Waals surface area contributed by atoms with Gasteiger partial charge in [-0.2, -0.15) is 0 Å². The molecule has 0 unspecified atom stereocenters. The van der Waals surface area contributed by atoms with E-state index < -0.39 is 20.0 Å². The third-order valence-electron chi connectivity index (χ3n) is 0.953. The van der Waals surface area contributed by atoms with Crippen LogP contribution in [0.25, 0.3) is 0 Å². The third kappa shape index (κ3) is 2.36. The van der Waals surface area contributed by atoms with Crippen LogP contribution in [-0.2, 0) is 0 Å². The maximum atomic E-state index is 5.71. The van der Waals surface area contributed by atoms with Gasteiger partial charge < -0.3 is 0 Å². The summed E-state index contributed by atoms with van der Waals surface area (Å²) in [6, 6.07) is 7.73. The average molecular weight is 266 g/mol.